The second-order valence-corrected chi connectivity index (χ2v) is 5.10. The molecule has 0 saturated heterocycles. The molecule has 2 rings (SSSR count). The van der Waals surface area contributed by atoms with Crippen molar-refractivity contribution in [1.82, 2.24) is 30.2 Å². The number of rotatable bonds is 2. The number of aromatic amines is 1. The number of aromatic nitrogens is 6. The van der Waals surface area contributed by atoms with Crippen molar-refractivity contribution >= 4 is 19.7 Å². The van der Waals surface area contributed by atoms with Crippen LogP contribution in [0.2, 0.25) is 0 Å². The van der Waals surface area contributed by atoms with Gasteiger partial charge in [0.1, 0.15) is 0 Å². The standard InChI is InChI=1S/C5H5ClN6O2S/c1-12-7-2-3(11-12)4-8-5(10-9-4)15(6,13)14/h2H,1H3,(H,8,9,10). The molecule has 0 spiro atoms. The van der Waals surface area contributed by atoms with E-state index in [0.29, 0.717) is 5.69 Å². The predicted octanol–water partition coefficient (Wildman–Crippen LogP) is -0.472. The molecule has 8 nitrogen and oxygen atoms in total. The van der Waals surface area contributed by atoms with Crippen LogP contribution in [0.4, 0.5) is 0 Å². The molecule has 0 aliphatic heterocycles. The summed E-state index contributed by atoms with van der Waals surface area (Å²) in [6.07, 6.45) is 1.41. The Morgan fingerprint density at radius 1 is 1.53 bits per heavy atom. The van der Waals surface area contributed by atoms with Crippen LogP contribution in [0.15, 0.2) is 11.4 Å². The van der Waals surface area contributed by atoms with E-state index in [-0.39, 0.29) is 5.82 Å². The molecule has 2 heterocycles. The lowest BCUT2D eigenvalue weighted by Gasteiger charge is -1.84. The van der Waals surface area contributed by atoms with Crippen molar-refractivity contribution in [3.05, 3.63) is 6.20 Å². The monoisotopic (exact) mass is 248 g/mol. The van der Waals surface area contributed by atoms with Crippen LogP contribution in [-0.2, 0) is 16.1 Å². The largest absolute Gasteiger partial charge is 0.296 e. The number of aryl methyl sites for hydroxylation is 1. The molecule has 0 aliphatic carbocycles. The van der Waals surface area contributed by atoms with Crippen LogP contribution in [-0.4, -0.2) is 38.6 Å². The maximum Gasteiger partial charge on any atom is 0.296 e. The van der Waals surface area contributed by atoms with Crippen molar-refractivity contribution < 1.29 is 8.42 Å². The predicted molar refractivity (Wildman–Crippen MR) is 49.4 cm³/mol. The Bertz CT molecular complexity index is 586. The first kappa shape index (κ1) is 10.1. The first-order chi connectivity index (χ1) is 6.97. The summed E-state index contributed by atoms with van der Waals surface area (Å²) in [5, 5.41) is 13.1. The van der Waals surface area contributed by atoms with Gasteiger partial charge in [0.2, 0.25) is 5.82 Å². The summed E-state index contributed by atoms with van der Waals surface area (Å²) in [5.41, 5.74) is 0.361. The van der Waals surface area contributed by atoms with Crippen molar-refractivity contribution in [2.45, 2.75) is 5.16 Å². The number of hydrogen-bond acceptors (Lipinski definition) is 6. The van der Waals surface area contributed by atoms with E-state index in [4.69, 9.17) is 10.7 Å². The molecule has 0 amide bonds. The molecule has 2 aromatic rings. The molecular formula is C5H5ClN6O2S. The summed E-state index contributed by atoms with van der Waals surface area (Å²) in [4.78, 5) is 4.97. The zero-order valence-electron chi connectivity index (χ0n) is 7.42. The number of nitrogens with one attached hydrogen (secondary N) is 1. The minimum absolute atomic E-state index is 0.127. The van der Waals surface area contributed by atoms with E-state index in [0.717, 1.165) is 0 Å². The van der Waals surface area contributed by atoms with Crippen LogP contribution in [0.5, 0.6) is 0 Å². The Morgan fingerprint density at radius 3 is 2.73 bits per heavy atom. The van der Waals surface area contributed by atoms with Crippen molar-refractivity contribution in [3.63, 3.8) is 0 Å². The third kappa shape index (κ3) is 1.97. The summed E-state index contributed by atoms with van der Waals surface area (Å²) in [5.74, 6) is 0.127. The minimum atomic E-state index is -3.90. The molecule has 0 unspecified atom stereocenters. The van der Waals surface area contributed by atoms with Gasteiger partial charge in [0.15, 0.2) is 5.69 Å². The van der Waals surface area contributed by atoms with Gasteiger partial charge in [-0.15, -0.1) is 0 Å². The smallest absolute Gasteiger partial charge is 0.248 e. The Morgan fingerprint density at radius 2 is 2.27 bits per heavy atom. The molecule has 2 aromatic heterocycles. The molecule has 0 aromatic carbocycles. The number of H-pyrrole nitrogens is 1. The van der Waals surface area contributed by atoms with Gasteiger partial charge in [-0.3, -0.25) is 0 Å². The molecule has 0 aliphatic rings. The molecule has 0 saturated carbocycles. The topological polar surface area (TPSA) is 106 Å². The molecule has 1 N–H and O–H groups in total. The van der Waals surface area contributed by atoms with Crippen molar-refractivity contribution in [2.24, 2.45) is 7.05 Å². The van der Waals surface area contributed by atoms with E-state index in [1.807, 2.05) is 0 Å². The summed E-state index contributed by atoms with van der Waals surface area (Å²) < 4.78 is 21.7. The zero-order valence-corrected chi connectivity index (χ0v) is 8.99. The number of hydrogen-bond donors (Lipinski definition) is 1. The average Bonchev–Trinajstić information content (AvgIpc) is 2.69. The van der Waals surface area contributed by atoms with E-state index >= 15 is 0 Å². The Labute approximate surface area is 88.7 Å². The van der Waals surface area contributed by atoms with Gasteiger partial charge in [0.25, 0.3) is 14.2 Å². The quantitative estimate of drug-likeness (QED) is 0.720. The Kier molecular flexibility index (Phi) is 2.20. The van der Waals surface area contributed by atoms with Crippen LogP contribution in [0.3, 0.4) is 0 Å². The van der Waals surface area contributed by atoms with Crippen LogP contribution in [0.25, 0.3) is 11.5 Å². The van der Waals surface area contributed by atoms with Crippen molar-refractivity contribution in [2.75, 3.05) is 0 Å². The summed E-state index contributed by atoms with van der Waals surface area (Å²) >= 11 is 0. The molecule has 15 heavy (non-hydrogen) atoms. The van der Waals surface area contributed by atoms with E-state index in [1.165, 1.54) is 11.0 Å². The molecule has 0 bridgehead atoms. The van der Waals surface area contributed by atoms with Crippen molar-refractivity contribution in [3.8, 4) is 11.5 Å². The van der Waals surface area contributed by atoms with E-state index < -0.39 is 14.2 Å². The van der Waals surface area contributed by atoms with E-state index in [2.05, 4.69) is 25.4 Å². The number of nitrogens with zero attached hydrogens (tertiary/aromatic N) is 5. The molecule has 0 radical (unpaired) electrons. The fraction of sp³-hybridized carbons (Fsp3) is 0.200. The fourth-order valence-corrected chi connectivity index (χ4v) is 1.48. The Balaban J connectivity index is 2.44. The van der Waals surface area contributed by atoms with Gasteiger partial charge in [-0.1, -0.05) is 0 Å². The van der Waals surface area contributed by atoms with Gasteiger partial charge in [-0.2, -0.15) is 25.1 Å². The van der Waals surface area contributed by atoms with Gasteiger partial charge in [-0.05, 0) is 0 Å². The van der Waals surface area contributed by atoms with Crippen LogP contribution < -0.4 is 0 Å². The maximum atomic E-state index is 10.9. The van der Waals surface area contributed by atoms with Gasteiger partial charge in [0, 0.05) is 17.7 Å². The lowest BCUT2D eigenvalue weighted by molar-refractivity contribution is 0.602. The lowest BCUT2D eigenvalue weighted by atomic mass is 10.5. The highest BCUT2D eigenvalue weighted by Crippen LogP contribution is 2.14. The zero-order chi connectivity index (χ0) is 11.1. The highest BCUT2D eigenvalue weighted by Gasteiger charge is 2.17. The van der Waals surface area contributed by atoms with Crippen LogP contribution in [0, 0.1) is 0 Å². The first-order valence-corrected chi connectivity index (χ1v) is 6.01. The van der Waals surface area contributed by atoms with Gasteiger partial charge < -0.3 is 0 Å². The first-order valence-electron chi connectivity index (χ1n) is 3.70. The van der Waals surface area contributed by atoms with Crippen LogP contribution >= 0.6 is 10.7 Å². The highest BCUT2D eigenvalue weighted by atomic mass is 35.7. The maximum absolute atomic E-state index is 10.9. The van der Waals surface area contributed by atoms with E-state index in [1.54, 1.807) is 7.05 Å². The normalized spacial score (nSPS) is 11.9. The lowest BCUT2D eigenvalue weighted by Crippen LogP contribution is -1.93. The summed E-state index contributed by atoms with van der Waals surface area (Å²) in [7, 11) is 2.79. The van der Waals surface area contributed by atoms with Gasteiger partial charge in [0.05, 0.1) is 6.20 Å². The van der Waals surface area contributed by atoms with Gasteiger partial charge >= 0.3 is 0 Å². The summed E-state index contributed by atoms with van der Waals surface area (Å²) in [6.45, 7) is 0. The third-order valence-electron chi connectivity index (χ3n) is 1.52. The molecule has 80 valence electrons. The fourth-order valence-electron chi connectivity index (χ4n) is 0.919. The minimum Gasteiger partial charge on any atom is -0.248 e. The third-order valence-corrected chi connectivity index (χ3v) is 2.61. The average molecular weight is 249 g/mol. The molecule has 10 heteroatoms. The second-order valence-electron chi connectivity index (χ2n) is 2.62. The van der Waals surface area contributed by atoms with E-state index in [9.17, 15) is 8.42 Å². The Hall–Kier alpha value is -1.48. The number of halogens is 1. The highest BCUT2D eigenvalue weighted by molar-refractivity contribution is 8.13. The SMILES string of the molecule is Cn1ncc(-c2n[nH]c(S(=O)(=O)Cl)n2)n1. The molecule has 0 atom stereocenters. The second kappa shape index (κ2) is 3.28. The van der Waals surface area contributed by atoms with Crippen molar-refractivity contribution in [1.29, 1.82) is 0 Å². The molecular weight excluding hydrogens is 244 g/mol. The summed E-state index contributed by atoms with van der Waals surface area (Å²) in [6, 6.07) is 0. The van der Waals surface area contributed by atoms with Crippen LogP contribution in [0.1, 0.15) is 0 Å². The molecule has 0 fully saturated rings. The van der Waals surface area contributed by atoms with Gasteiger partial charge in [-0.25, -0.2) is 13.5 Å².